The van der Waals surface area contributed by atoms with Gasteiger partial charge in [0.05, 0.1) is 6.61 Å². The van der Waals surface area contributed by atoms with Crippen molar-refractivity contribution in [2.24, 2.45) is 0 Å². The van der Waals surface area contributed by atoms with Crippen LogP contribution >= 0.6 is 0 Å². The second kappa shape index (κ2) is 10.4. The second-order valence-corrected chi connectivity index (χ2v) is 4.84. The van der Waals surface area contributed by atoms with Gasteiger partial charge in [-0.15, -0.1) is 13.2 Å². The molecule has 22 heavy (non-hydrogen) atoms. The summed E-state index contributed by atoms with van der Waals surface area (Å²) in [5, 5.41) is 2.73. The summed E-state index contributed by atoms with van der Waals surface area (Å²) < 4.78 is 5.24. The van der Waals surface area contributed by atoms with Gasteiger partial charge >= 0.3 is 5.97 Å². The molecule has 0 fully saturated rings. The molecule has 0 saturated heterocycles. The van der Waals surface area contributed by atoms with E-state index in [1.807, 2.05) is 18.2 Å². The highest BCUT2D eigenvalue weighted by atomic mass is 16.5. The van der Waals surface area contributed by atoms with Crippen LogP contribution in [-0.4, -0.2) is 18.5 Å². The van der Waals surface area contributed by atoms with Gasteiger partial charge < -0.3 is 10.1 Å². The maximum atomic E-state index is 12.2. The van der Waals surface area contributed by atoms with E-state index in [0.717, 1.165) is 12.8 Å². The molecule has 1 atom stereocenters. The normalized spacial score (nSPS) is 11.3. The van der Waals surface area contributed by atoms with Crippen LogP contribution in [0.1, 0.15) is 37.3 Å². The zero-order valence-corrected chi connectivity index (χ0v) is 12.8. The Hall–Kier alpha value is -2.36. The first-order chi connectivity index (χ1) is 10.7. The zero-order valence-electron chi connectivity index (χ0n) is 12.8. The fraction of sp³-hybridized carbons (Fsp3) is 0.333. The van der Waals surface area contributed by atoms with Gasteiger partial charge in [-0.3, -0.25) is 4.79 Å². The Bertz CT molecular complexity index is 496. The first-order valence-corrected chi connectivity index (χ1v) is 7.41. The molecule has 0 heterocycles. The highest BCUT2D eigenvalue weighted by Crippen LogP contribution is 2.15. The predicted molar refractivity (Wildman–Crippen MR) is 87.1 cm³/mol. The average molecular weight is 301 g/mol. The Balaban J connectivity index is 2.69. The molecule has 0 spiro atoms. The summed E-state index contributed by atoms with van der Waals surface area (Å²) in [5.74, 6) is -0.640. The lowest BCUT2D eigenvalue weighted by Gasteiger charge is -2.18. The van der Waals surface area contributed by atoms with Crippen molar-refractivity contribution < 1.29 is 14.3 Å². The number of unbranched alkanes of at least 4 members (excludes halogenated alkanes) is 1. The van der Waals surface area contributed by atoms with Crippen molar-refractivity contribution in [3.8, 4) is 0 Å². The number of benzene rings is 1. The van der Waals surface area contributed by atoms with Gasteiger partial charge in [0.2, 0.25) is 5.91 Å². The molecule has 1 rings (SSSR count). The summed E-state index contributed by atoms with van der Waals surface area (Å²) in [6, 6.07) is 8.32. The largest absolute Gasteiger partial charge is 0.464 e. The van der Waals surface area contributed by atoms with Gasteiger partial charge in [0.25, 0.3) is 0 Å². The van der Waals surface area contributed by atoms with Crippen LogP contribution in [0.25, 0.3) is 0 Å². The Morgan fingerprint density at radius 1 is 1.14 bits per heavy atom. The maximum Gasteiger partial charge on any atom is 0.333 e. The number of carbonyl (C=O) groups excluding carboxylic acids is 2. The first-order valence-electron chi connectivity index (χ1n) is 7.41. The molecule has 0 aromatic heterocycles. The van der Waals surface area contributed by atoms with E-state index >= 15 is 0 Å². The number of allylic oxidation sites excluding steroid dienone is 2. The van der Waals surface area contributed by atoms with Gasteiger partial charge in [-0.2, -0.15) is 0 Å². The molecule has 0 bridgehead atoms. The molecule has 1 aromatic carbocycles. The topological polar surface area (TPSA) is 55.4 Å². The minimum atomic E-state index is -0.776. The summed E-state index contributed by atoms with van der Waals surface area (Å²) in [6.45, 7) is 7.52. The van der Waals surface area contributed by atoms with Crippen LogP contribution in [0.15, 0.2) is 55.6 Å². The number of rotatable bonds is 10. The van der Waals surface area contributed by atoms with Crippen LogP contribution in [0.3, 0.4) is 0 Å². The smallest absolute Gasteiger partial charge is 0.333 e. The molecule has 118 valence electrons. The third-order valence-corrected chi connectivity index (χ3v) is 3.05. The van der Waals surface area contributed by atoms with Gasteiger partial charge in [0.1, 0.15) is 0 Å². The van der Waals surface area contributed by atoms with Crippen molar-refractivity contribution in [1.82, 2.24) is 5.32 Å². The molecule has 1 amide bonds. The first kappa shape index (κ1) is 17.7. The number of esters is 1. The van der Waals surface area contributed by atoms with Crippen LogP contribution in [-0.2, 0) is 14.3 Å². The predicted octanol–water partition coefficient (Wildman–Crippen LogP) is 3.32. The minimum absolute atomic E-state index is 0.197. The van der Waals surface area contributed by atoms with Crippen LogP contribution in [0.4, 0.5) is 0 Å². The van der Waals surface area contributed by atoms with Gasteiger partial charge in [-0.25, -0.2) is 4.79 Å². The van der Waals surface area contributed by atoms with E-state index in [1.54, 1.807) is 24.3 Å². The van der Waals surface area contributed by atoms with Gasteiger partial charge in [-0.05, 0) is 24.8 Å². The zero-order chi connectivity index (χ0) is 16.2. The molecular formula is C18H23NO3. The maximum absolute atomic E-state index is 12.2. The fourth-order valence-electron chi connectivity index (χ4n) is 1.87. The Morgan fingerprint density at radius 2 is 1.82 bits per heavy atom. The van der Waals surface area contributed by atoms with Crippen molar-refractivity contribution in [2.75, 3.05) is 6.61 Å². The summed E-state index contributed by atoms with van der Waals surface area (Å²) in [4.78, 5) is 24.1. The fourth-order valence-corrected chi connectivity index (χ4v) is 1.87. The summed E-state index contributed by atoms with van der Waals surface area (Å²) in [7, 11) is 0. The molecule has 1 aromatic rings. The minimum Gasteiger partial charge on any atom is -0.464 e. The second-order valence-electron chi connectivity index (χ2n) is 4.84. The molecule has 0 aliphatic rings. The van der Waals surface area contributed by atoms with Crippen molar-refractivity contribution in [3.63, 3.8) is 0 Å². The molecule has 1 N–H and O–H groups in total. The monoisotopic (exact) mass is 301 g/mol. The van der Waals surface area contributed by atoms with E-state index in [-0.39, 0.29) is 5.91 Å². The lowest BCUT2D eigenvalue weighted by atomic mass is 10.1. The molecule has 0 aliphatic heterocycles. The van der Waals surface area contributed by atoms with Gasteiger partial charge in [0, 0.05) is 6.42 Å². The van der Waals surface area contributed by atoms with E-state index in [9.17, 15) is 9.59 Å². The van der Waals surface area contributed by atoms with Gasteiger partial charge in [0.15, 0.2) is 6.04 Å². The molecule has 0 unspecified atom stereocenters. The lowest BCUT2D eigenvalue weighted by Crippen LogP contribution is -2.34. The molecule has 4 heteroatoms. The Kier molecular flexibility index (Phi) is 8.35. The van der Waals surface area contributed by atoms with Crippen LogP contribution in [0.2, 0.25) is 0 Å². The molecule has 0 aliphatic carbocycles. The highest BCUT2D eigenvalue weighted by Gasteiger charge is 2.23. The Labute approximate surface area is 131 Å². The van der Waals surface area contributed by atoms with Crippen LogP contribution in [0.5, 0.6) is 0 Å². The van der Waals surface area contributed by atoms with Crippen LogP contribution < -0.4 is 5.32 Å². The van der Waals surface area contributed by atoms with E-state index in [2.05, 4.69) is 18.5 Å². The van der Waals surface area contributed by atoms with E-state index in [4.69, 9.17) is 4.74 Å². The number of ether oxygens (including phenoxy) is 1. The highest BCUT2D eigenvalue weighted by molar-refractivity contribution is 5.85. The standard InChI is InChI=1S/C18H23NO3/c1-3-5-10-14-22-18(21)17(15-11-8-7-9-12-15)19-16(20)13-6-4-2/h3-4,7-9,11-12,17H,1-2,5-6,10,13-14H2,(H,19,20)/t17-/m0/s1. The number of nitrogens with one attached hydrogen (secondary N) is 1. The molecule has 0 radical (unpaired) electrons. The summed E-state index contributed by atoms with van der Waals surface area (Å²) in [6.07, 6.45) is 5.83. The average Bonchev–Trinajstić information content (AvgIpc) is 2.55. The quantitative estimate of drug-likeness (QED) is 0.410. The number of hydrogen-bond donors (Lipinski definition) is 1. The van der Waals surface area contributed by atoms with Crippen molar-refractivity contribution in [2.45, 2.75) is 31.7 Å². The summed E-state index contributed by atoms with van der Waals surface area (Å²) in [5.41, 5.74) is 0.711. The van der Waals surface area contributed by atoms with E-state index in [1.165, 1.54) is 0 Å². The summed E-state index contributed by atoms with van der Waals surface area (Å²) >= 11 is 0. The van der Waals surface area contributed by atoms with Gasteiger partial charge in [-0.1, -0.05) is 42.5 Å². The molecular weight excluding hydrogens is 278 g/mol. The van der Waals surface area contributed by atoms with E-state index in [0.29, 0.717) is 25.0 Å². The SMILES string of the molecule is C=CCCCOC(=O)[C@@H](NC(=O)CCC=C)c1ccccc1. The third kappa shape index (κ3) is 6.39. The molecule has 0 saturated carbocycles. The van der Waals surface area contributed by atoms with E-state index < -0.39 is 12.0 Å². The van der Waals surface area contributed by atoms with Crippen molar-refractivity contribution in [3.05, 3.63) is 61.2 Å². The lowest BCUT2D eigenvalue weighted by molar-refractivity contribution is -0.148. The number of amides is 1. The number of carbonyl (C=O) groups is 2. The Morgan fingerprint density at radius 3 is 2.45 bits per heavy atom. The number of hydrogen-bond acceptors (Lipinski definition) is 3. The van der Waals surface area contributed by atoms with Crippen LogP contribution in [0, 0.1) is 0 Å². The third-order valence-electron chi connectivity index (χ3n) is 3.05. The van der Waals surface area contributed by atoms with Crippen molar-refractivity contribution >= 4 is 11.9 Å². The molecule has 4 nitrogen and oxygen atoms in total. The van der Waals surface area contributed by atoms with Crippen molar-refractivity contribution in [1.29, 1.82) is 0 Å².